The number of hydrogen-bond donors (Lipinski definition) is 3. The second-order valence-corrected chi connectivity index (χ2v) is 9.10. The summed E-state index contributed by atoms with van der Waals surface area (Å²) in [4.78, 5) is 41.4. The minimum atomic E-state index is -1.23. The largest absolute Gasteiger partial charge is 0.490 e. The smallest absolute Gasteiger partial charge is 0.412 e. The van der Waals surface area contributed by atoms with Crippen LogP contribution in [0.5, 0.6) is 17.2 Å². The summed E-state index contributed by atoms with van der Waals surface area (Å²) >= 11 is 6.30. The predicted octanol–water partition coefficient (Wildman–Crippen LogP) is 4.43. The molecular formula is C27H28ClN5O7. The third kappa shape index (κ3) is 8.30. The van der Waals surface area contributed by atoms with E-state index in [2.05, 4.69) is 25.3 Å². The zero-order valence-electron chi connectivity index (χ0n) is 21.6. The number of aryl methyl sites for hydroxylation is 1. The number of pyridine rings is 1. The van der Waals surface area contributed by atoms with Crippen LogP contribution in [0.25, 0.3) is 0 Å². The summed E-state index contributed by atoms with van der Waals surface area (Å²) in [6, 6.07) is 12.3. The van der Waals surface area contributed by atoms with Crippen LogP contribution in [0.3, 0.4) is 0 Å². The highest BCUT2D eigenvalue weighted by Crippen LogP contribution is 2.31. The number of carbonyl (C=O) groups excluding carboxylic acids is 3. The molecule has 0 spiro atoms. The fraction of sp³-hybridized carbons (Fsp3) is 0.259. The van der Waals surface area contributed by atoms with Gasteiger partial charge >= 0.3 is 18.1 Å². The quantitative estimate of drug-likeness (QED) is 0.251. The molecule has 4 N–H and O–H groups in total. The molecule has 2 aromatic carbocycles. The van der Waals surface area contributed by atoms with Crippen LogP contribution in [0, 0.1) is 6.92 Å². The first-order valence-electron chi connectivity index (χ1n) is 12.3. The molecule has 1 saturated heterocycles. The summed E-state index contributed by atoms with van der Waals surface area (Å²) < 4.78 is 21.4. The number of amides is 3. The van der Waals surface area contributed by atoms with Crippen molar-refractivity contribution in [3.63, 3.8) is 0 Å². The Morgan fingerprint density at radius 2 is 1.80 bits per heavy atom. The Morgan fingerprint density at radius 1 is 1.05 bits per heavy atom. The fourth-order valence-corrected chi connectivity index (χ4v) is 3.90. The van der Waals surface area contributed by atoms with Gasteiger partial charge in [-0.1, -0.05) is 11.6 Å². The molecule has 0 aliphatic carbocycles. The van der Waals surface area contributed by atoms with E-state index < -0.39 is 18.1 Å². The molecule has 0 atom stereocenters. The van der Waals surface area contributed by atoms with Crippen LogP contribution in [-0.4, -0.2) is 67.4 Å². The third-order valence-corrected chi connectivity index (χ3v) is 6.17. The second kappa shape index (κ2) is 13.6. The van der Waals surface area contributed by atoms with Gasteiger partial charge in [-0.2, -0.15) is 0 Å². The standard InChI is InChI=1S/C27H28ClN5O7/c1-17-14-22(24(16-21(17)28)38-13-10-33-8-11-37-12-9-33)32-27(36)31-18-2-4-19(5-3-18)39-20-6-7-30-23(15-20)25(34)40-26(29)35/h2-7,14-16H,8-13H2,1H3,(H2,29,35)(H2,31,32,36). The number of halogens is 1. The molecular weight excluding hydrogens is 542 g/mol. The van der Waals surface area contributed by atoms with Crippen LogP contribution in [0.2, 0.25) is 5.02 Å². The molecule has 1 fully saturated rings. The molecule has 0 unspecified atom stereocenters. The van der Waals surface area contributed by atoms with E-state index >= 15 is 0 Å². The minimum Gasteiger partial charge on any atom is -0.490 e. The molecule has 12 nitrogen and oxygen atoms in total. The number of morpholine rings is 1. The molecule has 40 heavy (non-hydrogen) atoms. The van der Waals surface area contributed by atoms with Gasteiger partial charge in [0.25, 0.3) is 0 Å². The molecule has 0 radical (unpaired) electrons. The number of aromatic nitrogens is 1. The van der Waals surface area contributed by atoms with E-state index in [-0.39, 0.29) is 11.4 Å². The summed E-state index contributed by atoms with van der Waals surface area (Å²) in [6.07, 6.45) is 0.0932. The molecule has 1 aliphatic heterocycles. The summed E-state index contributed by atoms with van der Waals surface area (Å²) in [7, 11) is 0. The number of urea groups is 1. The van der Waals surface area contributed by atoms with Crippen molar-refractivity contribution in [2.24, 2.45) is 5.73 Å². The number of ether oxygens (including phenoxy) is 4. The summed E-state index contributed by atoms with van der Waals surface area (Å²) in [6.45, 7) is 6.12. The molecule has 13 heteroatoms. The van der Waals surface area contributed by atoms with E-state index in [9.17, 15) is 14.4 Å². The van der Waals surface area contributed by atoms with Gasteiger partial charge in [-0.3, -0.25) is 4.90 Å². The molecule has 1 aliphatic rings. The van der Waals surface area contributed by atoms with E-state index in [1.165, 1.54) is 18.3 Å². The van der Waals surface area contributed by atoms with Crippen molar-refractivity contribution in [1.82, 2.24) is 9.88 Å². The minimum absolute atomic E-state index is 0.145. The molecule has 4 rings (SSSR count). The number of primary amides is 1. The summed E-state index contributed by atoms with van der Waals surface area (Å²) in [5.41, 5.74) is 6.50. The first-order valence-corrected chi connectivity index (χ1v) is 12.7. The number of anilines is 2. The normalized spacial score (nSPS) is 13.2. The van der Waals surface area contributed by atoms with Gasteiger partial charge in [0.1, 0.15) is 23.9 Å². The van der Waals surface area contributed by atoms with E-state index in [0.29, 0.717) is 47.7 Å². The number of nitrogens with zero attached hydrogens (tertiary/aromatic N) is 2. The highest BCUT2D eigenvalue weighted by atomic mass is 35.5. The van der Waals surface area contributed by atoms with Crippen LogP contribution < -0.4 is 25.8 Å². The average Bonchev–Trinajstić information content (AvgIpc) is 2.93. The van der Waals surface area contributed by atoms with Gasteiger partial charge in [-0.05, 0) is 48.9 Å². The van der Waals surface area contributed by atoms with Crippen LogP contribution in [0.15, 0.2) is 54.7 Å². The first-order chi connectivity index (χ1) is 19.3. The van der Waals surface area contributed by atoms with Gasteiger partial charge in [0.2, 0.25) is 0 Å². The van der Waals surface area contributed by atoms with Crippen molar-refractivity contribution in [3.05, 3.63) is 71.0 Å². The zero-order chi connectivity index (χ0) is 28.5. The van der Waals surface area contributed by atoms with E-state index in [1.807, 2.05) is 6.92 Å². The first kappa shape index (κ1) is 28.6. The Kier molecular flexibility index (Phi) is 9.73. The lowest BCUT2D eigenvalue weighted by molar-refractivity contribution is 0.0323. The van der Waals surface area contributed by atoms with Crippen molar-refractivity contribution in [3.8, 4) is 17.2 Å². The number of carbonyl (C=O) groups is 3. The van der Waals surface area contributed by atoms with Crippen molar-refractivity contribution >= 4 is 41.1 Å². The number of esters is 1. The summed E-state index contributed by atoms with van der Waals surface area (Å²) in [5, 5.41) is 6.12. The van der Waals surface area contributed by atoms with Crippen molar-refractivity contribution in [1.29, 1.82) is 0 Å². The van der Waals surface area contributed by atoms with Gasteiger partial charge in [0.15, 0.2) is 5.69 Å². The highest BCUT2D eigenvalue weighted by Gasteiger charge is 2.15. The van der Waals surface area contributed by atoms with Crippen LogP contribution >= 0.6 is 11.6 Å². The SMILES string of the molecule is Cc1cc(NC(=O)Nc2ccc(Oc3ccnc(C(=O)OC(N)=O)c3)cc2)c(OCCN2CCOCC2)cc1Cl. The maximum Gasteiger partial charge on any atom is 0.412 e. The molecule has 2 heterocycles. The third-order valence-electron chi connectivity index (χ3n) is 5.76. The Labute approximate surface area is 235 Å². The molecule has 3 aromatic rings. The Hall–Kier alpha value is -4.39. The lowest BCUT2D eigenvalue weighted by Crippen LogP contribution is -2.38. The molecule has 0 bridgehead atoms. The van der Waals surface area contributed by atoms with Gasteiger partial charge in [-0.15, -0.1) is 0 Å². The topological polar surface area (TPSA) is 154 Å². The van der Waals surface area contributed by atoms with E-state index in [0.717, 1.165) is 25.2 Å². The fourth-order valence-electron chi connectivity index (χ4n) is 3.75. The average molecular weight is 570 g/mol. The monoisotopic (exact) mass is 569 g/mol. The molecule has 3 amide bonds. The highest BCUT2D eigenvalue weighted by molar-refractivity contribution is 6.31. The van der Waals surface area contributed by atoms with Gasteiger partial charge in [0.05, 0.1) is 18.9 Å². The van der Waals surface area contributed by atoms with Gasteiger partial charge < -0.3 is 35.3 Å². The number of nitrogens with one attached hydrogen (secondary N) is 2. The Bertz CT molecular complexity index is 1360. The maximum atomic E-state index is 12.8. The Balaban J connectivity index is 1.34. The summed E-state index contributed by atoms with van der Waals surface area (Å²) in [5.74, 6) is 0.184. The van der Waals surface area contributed by atoms with Gasteiger partial charge in [0, 0.05) is 48.7 Å². The Morgan fingerprint density at radius 3 is 2.52 bits per heavy atom. The molecule has 0 saturated carbocycles. The predicted molar refractivity (Wildman–Crippen MR) is 147 cm³/mol. The van der Waals surface area contributed by atoms with Crippen molar-refractivity contribution < 1.29 is 33.3 Å². The zero-order valence-corrected chi connectivity index (χ0v) is 22.4. The van der Waals surface area contributed by atoms with Crippen LogP contribution in [0.1, 0.15) is 16.1 Å². The van der Waals surface area contributed by atoms with E-state index in [4.69, 9.17) is 31.5 Å². The van der Waals surface area contributed by atoms with Crippen LogP contribution in [-0.2, 0) is 9.47 Å². The van der Waals surface area contributed by atoms with E-state index in [1.54, 1.807) is 36.4 Å². The molecule has 1 aromatic heterocycles. The maximum absolute atomic E-state index is 12.8. The van der Waals surface area contributed by atoms with Crippen LogP contribution in [0.4, 0.5) is 21.0 Å². The number of hydrogen-bond acceptors (Lipinski definition) is 9. The van der Waals surface area contributed by atoms with Gasteiger partial charge in [-0.25, -0.2) is 19.4 Å². The number of rotatable bonds is 9. The van der Waals surface area contributed by atoms with Crippen molar-refractivity contribution in [2.45, 2.75) is 6.92 Å². The second-order valence-electron chi connectivity index (χ2n) is 8.69. The lowest BCUT2D eigenvalue weighted by Gasteiger charge is -2.26. The number of benzene rings is 2. The van der Waals surface area contributed by atoms with Crippen molar-refractivity contribution in [2.75, 3.05) is 50.1 Å². The number of nitrogens with two attached hydrogens (primary N) is 1. The lowest BCUT2D eigenvalue weighted by atomic mass is 10.2. The molecule has 210 valence electrons.